The van der Waals surface area contributed by atoms with Gasteiger partial charge >= 0.3 is 155 Å². The Balaban J connectivity index is 2.21. The summed E-state index contributed by atoms with van der Waals surface area (Å²) >= 11 is -0.805. The number of benzene rings is 3. The summed E-state index contributed by atoms with van der Waals surface area (Å²) in [5.74, 6) is 0. The summed E-state index contributed by atoms with van der Waals surface area (Å²) < 4.78 is 36.2. The molecule has 0 bridgehead atoms. The maximum absolute atomic E-state index is 11.0. The van der Waals surface area contributed by atoms with Crippen LogP contribution in [0.15, 0.2) is 72.8 Å². The monoisotopic (exact) mass is 447 g/mol. The Morgan fingerprint density at radius 3 is 2.16 bits per heavy atom. The SMILES string of the molecule is Nc1ccccc1-c1[c]([Pd][O]S(=O)(=O)O)cccc1-c1ccccc1. The van der Waals surface area contributed by atoms with Gasteiger partial charge in [0.05, 0.1) is 0 Å². The van der Waals surface area contributed by atoms with Crippen LogP contribution in [0.1, 0.15) is 0 Å². The van der Waals surface area contributed by atoms with Crippen LogP contribution in [-0.2, 0) is 31.7 Å². The molecule has 3 aromatic rings. The molecule has 0 saturated heterocycles. The Labute approximate surface area is 155 Å². The van der Waals surface area contributed by atoms with Gasteiger partial charge in [0.1, 0.15) is 0 Å². The Bertz CT molecular complexity index is 991. The standard InChI is InChI=1S/C18H14N.H2O4S.Pd/c19-18-13-7-6-12-17(18)16-11-5-4-10-15(16)14-8-2-1-3-9-14;1-5(2,3)4;/h1-10,12-13H,19H2;(H2,1,2,3,4);/q;;+1/p-1. The van der Waals surface area contributed by atoms with Crippen molar-refractivity contribution in [2.75, 3.05) is 5.73 Å². The summed E-state index contributed by atoms with van der Waals surface area (Å²) in [5, 5.41) is 0. The van der Waals surface area contributed by atoms with E-state index in [0.29, 0.717) is 9.72 Å². The van der Waals surface area contributed by atoms with Gasteiger partial charge in [0.2, 0.25) is 0 Å². The van der Waals surface area contributed by atoms with Crippen molar-refractivity contribution < 1.29 is 34.2 Å². The number of nitrogens with two attached hydrogens (primary N) is 1. The zero-order valence-electron chi connectivity index (χ0n) is 12.9. The van der Waals surface area contributed by atoms with Gasteiger partial charge in [-0.15, -0.1) is 0 Å². The molecule has 0 atom stereocenters. The van der Waals surface area contributed by atoms with E-state index in [1.54, 1.807) is 12.1 Å². The number of rotatable bonds is 5. The molecule has 5 nitrogen and oxygen atoms in total. The van der Waals surface area contributed by atoms with Crippen LogP contribution in [0.5, 0.6) is 0 Å². The Morgan fingerprint density at radius 2 is 1.48 bits per heavy atom. The number of hydrogen-bond donors (Lipinski definition) is 2. The van der Waals surface area contributed by atoms with E-state index >= 15 is 0 Å². The zero-order chi connectivity index (χ0) is 17.9. The molecular weight excluding hydrogens is 433 g/mol. The first-order chi connectivity index (χ1) is 12.0. The van der Waals surface area contributed by atoms with Crippen molar-refractivity contribution >= 4 is 20.1 Å². The maximum atomic E-state index is 11.0. The molecule has 0 radical (unpaired) electrons. The third-order valence-electron chi connectivity index (χ3n) is 3.47. The van der Waals surface area contributed by atoms with Crippen molar-refractivity contribution in [3.63, 3.8) is 0 Å². The van der Waals surface area contributed by atoms with E-state index in [-0.39, 0.29) is 0 Å². The van der Waals surface area contributed by atoms with Crippen molar-refractivity contribution in [3.05, 3.63) is 72.8 Å². The molecule has 7 heteroatoms. The summed E-state index contributed by atoms with van der Waals surface area (Å²) in [4.78, 5) is 0. The number of anilines is 1. The van der Waals surface area contributed by atoms with E-state index in [1.165, 1.54) is 0 Å². The van der Waals surface area contributed by atoms with Crippen LogP contribution in [0.25, 0.3) is 22.3 Å². The molecule has 3 rings (SSSR count). The molecule has 25 heavy (non-hydrogen) atoms. The first-order valence-corrected chi connectivity index (χ1v) is 10.0. The van der Waals surface area contributed by atoms with E-state index in [2.05, 4.69) is 2.91 Å². The van der Waals surface area contributed by atoms with E-state index in [1.807, 2.05) is 60.7 Å². The fourth-order valence-corrected chi connectivity index (χ4v) is 4.34. The molecule has 3 aromatic carbocycles. The fraction of sp³-hybridized carbons (Fsp3) is 0. The molecule has 0 unspecified atom stereocenters. The molecule has 0 fully saturated rings. The third-order valence-corrected chi connectivity index (χ3v) is 6.01. The molecule has 0 spiro atoms. The molecule has 0 aliphatic carbocycles. The molecule has 132 valence electrons. The van der Waals surface area contributed by atoms with Gasteiger partial charge in [-0.05, 0) is 0 Å². The van der Waals surface area contributed by atoms with Crippen molar-refractivity contribution in [2.24, 2.45) is 0 Å². The van der Waals surface area contributed by atoms with Gasteiger partial charge in [-0.1, -0.05) is 0 Å². The molecule has 0 aliphatic heterocycles. The van der Waals surface area contributed by atoms with E-state index < -0.39 is 28.8 Å². The summed E-state index contributed by atoms with van der Waals surface area (Å²) in [6.07, 6.45) is 0. The molecule has 0 heterocycles. The second-order valence-electron chi connectivity index (χ2n) is 5.13. The Kier molecular flexibility index (Phi) is 5.33. The number of para-hydroxylation sites is 1. The van der Waals surface area contributed by atoms with Crippen molar-refractivity contribution in [1.29, 1.82) is 0 Å². The average molecular weight is 448 g/mol. The van der Waals surface area contributed by atoms with Crippen molar-refractivity contribution in [1.82, 2.24) is 0 Å². The number of hydrogen-bond acceptors (Lipinski definition) is 4. The van der Waals surface area contributed by atoms with Crippen LogP contribution in [0.3, 0.4) is 0 Å². The minimum atomic E-state index is -4.52. The van der Waals surface area contributed by atoms with Crippen LogP contribution in [0.4, 0.5) is 5.69 Å². The van der Waals surface area contributed by atoms with Gasteiger partial charge in [0.15, 0.2) is 0 Å². The van der Waals surface area contributed by atoms with Gasteiger partial charge in [-0.2, -0.15) is 0 Å². The van der Waals surface area contributed by atoms with Crippen LogP contribution in [0, 0.1) is 0 Å². The van der Waals surface area contributed by atoms with E-state index in [4.69, 9.17) is 10.3 Å². The quantitative estimate of drug-likeness (QED) is 0.356. The Hall–Kier alpha value is -2.01. The first kappa shape index (κ1) is 17.8. The molecule has 0 saturated carbocycles. The van der Waals surface area contributed by atoms with E-state index in [9.17, 15) is 8.42 Å². The molecular formula is C18H15NO4PdS. The van der Waals surface area contributed by atoms with Gasteiger partial charge in [-0.3, -0.25) is 0 Å². The van der Waals surface area contributed by atoms with Crippen LogP contribution in [0.2, 0.25) is 0 Å². The summed E-state index contributed by atoms with van der Waals surface area (Å²) in [5.41, 5.74) is 10.2. The normalized spacial score (nSPS) is 11.6. The predicted molar refractivity (Wildman–Crippen MR) is 94.0 cm³/mol. The second-order valence-corrected chi connectivity index (χ2v) is 8.02. The summed E-state index contributed by atoms with van der Waals surface area (Å²) in [7, 11) is -4.52. The minimum absolute atomic E-state index is 0.577. The van der Waals surface area contributed by atoms with Gasteiger partial charge < -0.3 is 0 Å². The van der Waals surface area contributed by atoms with Crippen LogP contribution in [-0.4, -0.2) is 13.0 Å². The topological polar surface area (TPSA) is 89.6 Å². The fourth-order valence-electron chi connectivity index (χ4n) is 2.47. The van der Waals surface area contributed by atoms with E-state index in [0.717, 1.165) is 22.3 Å². The Morgan fingerprint density at radius 1 is 0.840 bits per heavy atom. The van der Waals surface area contributed by atoms with Crippen LogP contribution >= 0.6 is 0 Å². The van der Waals surface area contributed by atoms with Crippen LogP contribution < -0.4 is 9.77 Å². The van der Waals surface area contributed by atoms with Crippen molar-refractivity contribution in [2.45, 2.75) is 0 Å². The van der Waals surface area contributed by atoms with Crippen molar-refractivity contribution in [3.8, 4) is 22.3 Å². The average Bonchev–Trinajstić information content (AvgIpc) is 2.60. The second kappa shape index (κ2) is 7.48. The molecule has 0 aliphatic rings. The molecule has 3 N–H and O–H groups in total. The van der Waals surface area contributed by atoms with Gasteiger partial charge in [0.25, 0.3) is 0 Å². The predicted octanol–water partition coefficient (Wildman–Crippen LogP) is 3.05. The zero-order valence-corrected chi connectivity index (χ0v) is 15.3. The van der Waals surface area contributed by atoms with Gasteiger partial charge in [0, 0.05) is 0 Å². The molecule has 0 amide bonds. The summed E-state index contributed by atoms with van der Waals surface area (Å²) in [6.45, 7) is 0. The third kappa shape index (κ3) is 4.34. The summed E-state index contributed by atoms with van der Waals surface area (Å²) in [6, 6.07) is 22.6. The van der Waals surface area contributed by atoms with Gasteiger partial charge in [-0.25, -0.2) is 0 Å². The molecule has 0 aromatic heterocycles. The number of nitrogen functional groups attached to an aromatic ring is 1. The first-order valence-electron chi connectivity index (χ1n) is 7.24.